The van der Waals surface area contributed by atoms with E-state index in [0.717, 1.165) is 22.2 Å². The summed E-state index contributed by atoms with van der Waals surface area (Å²) in [4.78, 5) is 14.4. The molecule has 0 aliphatic heterocycles. The zero-order valence-corrected chi connectivity index (χ0v) is 9.29. The van der Waals surface area contributed by atoms with Crippen molar-refractivity contribution in [3.8, 4) is 0 Å². The number of hydrogen-bond donors (Lipinski definition) is 2. The normalized spacial score (nSPS) is 15.9. The molecule has 1 aliphatic carbocycles. The van der Waals surface area contributed by atoms with Crippen LogP contribution in [0.3, 0.4) is 0 Å². The van der Waals surface area contributed by atoms with Crippen LogP contribution in [0.4, 0.5) is 0 Å². The average Bonchev–Trinajstić information content (AvgIpc) is 3.00. The smallest absolute Gasteiger partial charge is 0.249 e. The van der Waals surface area contributed by atoms with E-state index in [-0.39, 0.29) is 5.56 Å². The summed E-state index contributed by atoms with van der Waals surface area (Å²) in [6.07, 6.45) is 4.48. The fraction of sp³-hybridized carbons (Fsp3) is 0.417. The van der Waals surface area contributed by atoms with Crippen molar-refractivity contribution in [2.24, 2.45) is 5.73 Å². The summed E-state index contributed by atoms with van der Waals surface area (Å²) in [7, 11) is 0. The van der Waals surface area contributed by atoms with Crippen molar-refractivity contribution in [1.29, 1.82) is 0 Å². The average molecular weight is 217 g/mol. The minimum absolute atomic E-state index is 0.0337. The van der Waals surface area contributed by atoms with Gasteiger partial charge in [0, 0.05) is 30.2 Å². The van der Waals surface area contributed by atoms with Crippen molar-refractivity contribution in [2.45, 2.75) is 32.4 Å². The second kappa shape index (κ2) is 3.22. The number of aromatic amines is 1. The van der Waals surface area contributed by atoms with E-state index >= 15 is 0 Å². The third-order valence-corrected chi connectivity index (χ3v) is 3.25. The van der Waals surface area contributed by atoms with Gasteiger partial charge in [-0.2, -0.15) is 0 Å². The number of nitrogens with zero attached hydrogens (tertiary/aromatic N) is 1. The minimum atomic E-state index is -0.0337. The van der Waals surface area contributed by atoms with Crippen molar-refractivity contribution >= 4 is 11.0 Å². The number of aromatic nitrogens is 2. The highest BCUT2D eigenvalue weighted by Gasteiger charge is 2.26. The van der Waals surface area contributed by atoms with E-state index in [1.165, 1.54) is 12.8 Å². The molecule has 16 heavy (non-hydrogen) atoms. The molecule has 0 amide bonds. The third-order valence-electron chi connectivity index (χ3n) is 3.25. The molecule has 1 saturated carbocycles. The van der Waals surface area contributed by atoms with Crippen LogP contribution in [0.25, 0.3) is 11.0 Å². The monoisotopic (exact) mass is 217 g/mol. The maximum absolute atomic E-state index is 11.5. The summed E-state index contributed by atoms with van der Waals surface area (Å²) in [5.41, 5.74) is 8.79. The van der Waals surface area contributed by atoms with Crippen LogP contribution in [0.15, 0.2) is 17.1 Å². The van der Waals surface area contributed by atoms with E-state index in [2.05, 4.69) is 15.7 Å². The van der Waals surface area contributed by atoms with Gasteiger partial charge >= 0.3 is 0 Å². The number of pyridine rings is 1. The van der Waals surface area contributed by atoms with E-state index < -0.39 is 0 Å². The Morgan fingerprint density at radius 3 is 2.94 bits per heavy atom. The fourth-order valence-corrected chi connectivity index (χ4v) is 2.36. The molecule has 2 aromatic rings. The molecule has 0 radical (unpaired) electrons. The van der Waals surface area contributed by atoms with E-state index in [1.54, 1.807) is 6.07 Å². The van der Waals surface area contributed by atoms with Crippen LogP contribution in [-0.4, -0.2) is 9.55 Å². The number of nitrogens with two attached hydrogens (primary N) is 1. The van der Waals surface area contributed by atoms with Gasteiger partial charge in [-0.15, -0.1) is 0 Å². The molecule has 3 N–H and O–H groups in total. The Labute approximate surface area is 93.1 Å². The van der Waals surface area contributed by atoms with Crippen LogP contribution in [0.5, 0.6) is 0 Å². The molecule has 1 fully saturated rings. The van der Waals surface area contributed by atoms with Gasteiger partial charge in [0.05, 0.1) is 0 Å². The summed E-state index contributed by atoms with van der Waals surface area (Å²) in [6.45, 7) is 2.48. The lowest BCUT2D eigenvalue weighted by Gasteiger charge is -2.02. The van der Waals surface area contributed by atoms with E-state index in [0.29, 0.717) is 12.6 Å². The second-order valence-electron chi connectivity index (χ2n) is 4.54. The van der Waals surface area contributed by atoms with Gasteiger partial charge in [0.25, 0.3) is 0 Å². The van der Waals surface area contributed by atoms with Gasteiger partial charge in [-0.1, -0.05) is 0 Å². The lowest BCUT2D eigenvalue weighted by Crippen LogP contribution is -2.07. The summed E-state index contributed by atoms with van der Waals surface area (Å²) >= 11 is 0. The molecule has 2 heterocycles. The summed E-state index contributed by atoms with van der Waals surface area (Å²) in [5.74, 6) is 0. The first-order chi connectivity index (χ1) is 7.70. The molecule has 1 aliphatic rings. The first-order valence-electron chi connectivity index (χ1n) is 5.64. The topological polar surface area (TPSA) is 63.8 Å². The molecule has 0 saturated heterocycles. The molecule has 0 unspecified atom stereocenters. The van der Waals surface area contributed by atoms with E-state index in [9.17, 15) is 4.79 Å². The van der Waals surface area contributed by atoms with Crippen molar-refractivity contribution in [3.05, 3.63) is 33.7 Å². The number of fused-ring (bicyclic) bond motifs is 1. The highest BCUT2D eigenvalue weighted by Crippen LogP contribution is 2.38. The lowest BCUT2D eigenvalue weighted by atomic mass is 10.1. The molecule has 2 aromatic heterocycles. The van der Waals surface area contributed by atoms with Gasteiger partial charge in [0.15, 0.2) is 0 Å². The van der Waals surface area contributed by atoms with E-state index in [4.69, 9.17) is 5.73 Å². The Balaban J connectivity index is 2.39. The largest absolute Gasteiger partial charge is 0.331 e. The van der Waals surface area contributed by atoms with Gasteiger partial charge in [-0.25, -0.2) is 0 Å². The van der Waals surface area contributed by atoms with Crippen molar-refractivity contribution < 1.29 is 0 Å². The van der Waals surface area contributed by atoms with Gasteiger partial charge < -0.3 is 15.3 Å². The maximum atomic E-state index is 11.5. The standard InChI is InChI=1S/C12H15N3O/c1-7-4-10(16)14-12-11(7)8(5-13)6-15(12)9-2-3-9/h4,6,9H,2-3,5,13H2,1H3,(H,14,16). The molecular formula is C12H15N3O. The van der Waals surface area contributed by atoms with Crippen LogP contribution >= 0.6 is 0 Å². The van der Waals surface area contributed by atoms with Crippen LogP contribution in [0, 0.1) is 6.92 Å². The molecule has 3 rings (SSSR count). The second-order valence-corrected chi connectivity index (χ2v) is 4.54. The van der Waals surface area contributed by atoms with Crippen LogP contribution in [-0.2, 0) is 6.54 Å². The molecule has 0 bridgehead atoms. The zero-order valence-electron chi connectivity index (χ0n) is 9.29. The molecule has 4 heteroatoms. The Bertz CT molecular complexity index is 604. The van der Waals surface area contributed by atoms with Gasteiger partial charge in [-0.05, 0) is 30.9 Å². The van der Waals surface area contributed by atoms with Crippen LogP contribution in [0.2, 0.25) is 0 Å². The first kappa shape index (κ1) is 9.66. The number of aryl methyl sites for hydroxylation is 1. The van der Waals surface area contributed by atoms with Crippen molar-refractivity contribution in [3.63, 3.8) is 0 Å². The lowest BCUT2D eigenvalue weighted by molar-refractivity contribution is 0.760. The molecule has 84 valence electrons. The SMILES string of the molecule is Cc1cc(=O)[nH]c2c1c(CN)cn2C1CC1. The van der Waals surface area contributed by atoms with Crippen molar-refractivity contribution in [2.75, 3.05) is 0 Å². The highest BCUT2D eigenvalue weighted by molar-refractivity contribution is 5.84. The molecular weight excluding hydrogens is 202 g/mol. The van der Waals surface area contributed by atoms with E-state index in [1.807, 2.05) is 6.92 Å². The van der Waals surface area contributed by atoms with Gasteiger partial charge in [0.1, 0.15) is 5.65 Å². The van der Waals surface area contributed by atoms with Gasteiger partial charge in [0.2, 0.25) is 5.56 Å². The Hall–Kier alpha value is -1.55. The predicted molar refractivity (Wildman–Crippen MR) is 63.5 cm³/mol. The fourth-order valence-electron chi connectivity index (χ4n) is 2.36. The first-order valence-corrected chi connectivity index (χ1v) is 5.64. The highest BCUT2D eigenvalue weighted by atomic mass is 16.1. The van der Waals surface area contributed by atoms with Gasteiger partial charge in [-0.3, -0.25) is 4.79 Å². The molecule has 0 aromatic carbocycles. The minimum Gasteiger partial charge on any atom is -0.331 e. The quantitative estimate of drug-likeness (QED) is 0.799. The predicted octanol–water partition coefficient (Wildman–Crippen LogP) is 1.43. The summed E-state index contributed by atoms with van der Waals surface area (Å²) in [6, 6.07) is 2.19. The summed E-state index contributed by atoms with van der Waals surface area (Å²) in [5, 5.41) is 1.12. The maximum Gasteiger partial charge on any atom is 0.249 e. The molecule has 0 atom stereocenters. The van der Waals surface area contributed by atoms with Crippen LogP contribution < -0.4 is 11.3 Å². The molecule has 0 spiro atoms. The number of hydrogen-bond acceptors (Lipinski definition) is 2. The third kappa shape index (κ3) is 1.30. The number of H-pyrrole nitrogens is 1. The number of rotatable bonds is 2. The van der Waals surface area contributed by atoms with Crippen LogP contribution in [0.1, 0.15) is 30.0 Å². The Morgan fingerprint density at radius 1 is 1.56 bits per heavy atom. The summed E-state index contributed by atoms with van der Waals surface area (Å²) < 4.78 is 2.17. The Morgan fingerprint density at radius 2 is 2.31 bits per heavy atom. The molecule has 4 nitrogen and oxygen atoms in total. The zero-order chi connectivity index (χ0) is 11.3. The Kier molecular flexibility index (Phi) is 1.94. The van der Waals surface area contributed by atoms with Crippen molar-refractivity contribution in [1.82, 2.24) is 9.55 Å². The number of nitrogens with one attached hydrogen (secondary N) is 1.